The van der Waals surface area contributed by atoms with Gasteiger partial charge in [0.05, 0.1) is 5.92 Å². The van der Waals surface area contributed by atoms with Crippen molar-refractivity contribution < 1.29 is 27.9 Å². The van der Waals surface area contributed by atoms with Gasteiger partial charge >= 0.3 is 5.97 Å². The lowest BCUT2D eigenvalue weighted by Crippen LogP contribution is -2.26. The lowest BCUT2D eigenvalue weighted by Gasteiger charge is -2.16. The number of halogens is 3. The Morgan fingerprint density at radius 2 is 1.89 bits per heavy atom. The minimum Gasteiger partial charge on any atom is -0.481 e. The van der Waals surface area contributed by atoms with E-state index >= 15 is 0 Å². The highest BCUT2D eigenvalue weighted by Gasteiger charge is 2.34. The monoisotopic (exact) mass is 273 g/mol. The molecule has 0 radical (unpaired) electrons. The van der Waals surface area contributed by atoms with Crippen LogP contribution in [-0.4, -0.2) is 28.4 Å². The summed E-state index contributed by atoms with van der Waals surface area (Å²) >= 11 is 0. The van der Waals surface area contributed by atoms with E-state index in [1.807, 2.05) is 0 Å². The number of aliphatic carboxylic acids is 1. The lowest BCUT2D eigenvalue weighted by atomic mass is 10.1. The summed E-state index contributed by atoms with van der Waals surface area (Å²) in [6, 6.07) is 1.58. The second kappa shape index (κ2) is 4.91. The van der Waals surface area contributed by atoms with Crippen LogP contribution in [0.3, 0.4) is 0 Å². The summed E-state index contributed by atoms with van der Waals surface area (Å²) < 4.78 is 38.8. The normalized spacial score (nSPS) is 19.0. The fraction of sp³-hybridized carbons (Fsp3) is 0.333. The molecule has 1 amide bonds. The first-order valence-electron chi connectivity index (χ1n) is 5.52. The molecule has 7 heteroatoms. The van der Waals surface area contributed by atoms with E-state index in [2.05, 4.69) is 0 Å². The molecule has 0 spiro atoms. The number of carboxylic acid groups (broad SMARTS) is 1. The summed E-state index contributed by atoms with van der Waals surface area (Å²) in [4.78, 5) is 23.5. The van der Waals surface area contributed by atoms with Gasteiger partial charge in [-0.15, -0.1) is 0 Å². The second-order valence-electron chi connectivity index (χ2n) is 4.39. The molecule has 1 fully saturated rings. The Labute approximate surface area is 106 Å². The number of nitrogens with zero attached hydrogens (tertiary/aromatic N) is 1. The van der Waals surface area contributed by atoms with Crippen LogP contribution in [0, 0.1) is 23.4 Å². The number of benzene rings is 1. The first-order valence-corrected chi connectivity index (χ1v) is 5.52. The molecule has 1 saturated heterocycles. The van der Waals surface area contributed by atoms with Gasteiger partial charge in [-0.3, -0.25) is 9.59 Å². The highest BCUT2D eigenvalue weighted by Crippen LogP contribution is 2.22. The molecule has 0 aromatic heterocycles. The van der Waals surface area contributed by atoms with Gasteiger partial charge in [0.15, 0.2) is 17.5 Å². The minimum absolute atomic E-state index is 0.0191. The van der Waals surface area contributed by atoms with E-state index in [1.54, 1.807) is 0 Å². The third kappa shape index (κ3) is 2.69. The van der Waals surface area contributed by atoms with Crippen molar-refractivity contribution in [3.05, 3.63) is 35.1 Å². The van der Waals surface area contributed by atoms with E-state index in [0.717, 1.165) is 12.1 Å². The molecule has 1 aromatic rings. The standard InChI is InChI=1S/C12H10F3NO3/c13-8-1-6(2-9(14)11(8)15)4-16-5-7(12(18)19)3-10(16)17/h1-2,7H,3-5H2,(H,18,19). The first kappa shape index (κ1) is 13.4. The summed E-state index contributed by atoms with van der Waals surface area (Å²) in [7, 11) is 0. The number of amides is 1. The largest absolute Gasteiger partial charge is 0.481 e. The summed E-state index contributed by atoms with van der Waals surface area (Å²) in [5, 5.41) is 8.79. The zero-order chi connectivity index (χ0) is 14.2. The van der Waals surface area contributed by atoms with Crippen LogP contribution in [0.1, 0.15) is 12.0 Å². The molecule has 0 bridgehead atoms. The molecule has 0 aliphatic carbocycles. The molecule has 102 valence electrons. The highest BCUT2D eigenvalue weighted by atomic mass is 19.2. The van der Waals surface area contributed by atoms with Crippen molar-refractivity contribution in [3.63, 3.8) is 0 Å². The summed E-state index contributed by atoms with van der Waals surface area (Å²) in [6.07, 6.45) is -0.137. The third-order valence-corrected chi connectivity index (χ3v) is 2.98. The van der Waals surface area contributed by atoms with Crippen LogP contribution in [-0.2, 0) is 16.1 Å². The molecule has 0 saturated carbocycles. The minimum atomic E-state index is -1.57. The first-order chi connectivity index (χ1) is 8.88. The molecule has 19 heavy (non-hydrogen) atoms. The van der Waals surface area contributed by atoms with Crippen molar-refractivity contribution in [2.75, 3.05) is 6.54 Å². The second-order valence-corrected chi connectivity index (χ2v) is 4.39. The Bertz CT molecular complexity index is 524. The average molecular weight is 273 g/mol. The SMILES string of the molecule is O=C(O)C1CC(=O)N(Cc2cc(F)c(F)c(F)c2)C1. The maximum atomic E-state index is 13.0. The third-order valence-electron chi connectivity index (χ3n) is 2.98. The van der Waals surface area contributed by atoms with Gasteiger partial charge in [0.1, 0.15) is 0 Å². The Kier molecular flexibility index (Phi) is 3.46. The van der Waals surface area contributed by atoms with E-state index in [1.165, 1.54) is 4.90 Å². The zero-order valence-electron chi connectivity index (χ0n) is 9.70. The van der Waals surface area contributed by atoms with Crippen molar-refractivity contribution in [3.8, 4) is 0 Å². The molecule has 1 aliphatic rings. The van der Waals surface area contributed by atoms with Crippen LogP contribution in [0.5, 0.6) is 0 Å². The topological polar surface area (TPSA) is 57.6 Å². The van der Waals surface area contributed by atoms with Gasteiger partial charge in [0.25, 0.3) is 0 Å². The Balaban J connectivity index is 2.14. The Morgan fingerprint density at radius 3 is 2.37 bits per heavy atom. The molecule has 1 aliphatic heterocycles. The van der Waals surface area contributed by atoms with Gasteiger partial charge in [-0.05, 0) is 17.7 Å². The molecule has 1 unspecified atom stereocenters. The molecule has 2 rings (SSSR count). The molecule has 1 atom stereocenters. The van der Waals surface area contributed by atoms with Gasteiger partial charge in [-0.25, -0.2) is 13.2 Å². The summed E-state index contributed by atoms with van der Waals surface area (Å²) in [5.74, 6) is -6.56. The summed E-state index contributed by atoms with van der Waals surface area (Å²) in [6.45, 7) is -0.161. The number of carboxylic acids is 1. The molecular weight excluding hydrogens is 263 g/mol. The Hall–Kier alpha value is -2.05. The van der Waals surface area contributed by atoms with Crippen LogP contribution >= 0.6 is 0 Å². The number of hydrogen-bond donors (Lipinski definition) is 1. The number of rotatable bonds is 3. The highest BCUT2D eigenvalue weighted by molar-refractivity contribution is 5.86. The van der Waals surface area contributed by atoms with Gasteiger partial charge in [-0.2, -0.15) is 0 Å². The van der Waals surface area contributed by atoms with E-state index in [0.29, 0.717) is 0 Å². The van der Waals surface area contributed by atoms with Gasteiger partial charge in [0, 0.05) is 19.5 Å². The van der Waals surface area contributed by atoms with Crippen molar-refractivity contribution in [1.29, 1.82) is 0 Å². The number of hydrogen-bond acceptors (Lipinski definition) is 2. The smallest absolute Gasteiger partial charge is 0.308 e. The molecule has 4 nitrogen and oxygen atoms in total. The average Bonchev–Trinajstić information content (AvgIpc) is 2.68. The van der Waals surface area contributed by atoms with Gasteiger partial charge in [-0.1, -0.05) is 0 Å². The van der Waals surface area contributed by atoms with Gasteiger partial charge in [0.2, 0.25) is 5.91 Å². The number of carbonyl (C=O) groups is 2. The summed E-state index contributed by atoms with van der Waals surface area (Å²) in [5.41, 5.74) is 0.0794. The Morgan fingerprint density at radius 1 is 1.32 bits per heavy atom. The van der Waals surface area contributed by atoms with E-state index in [9.17, 15) is 22.8 Å². The van der Waals surface area contributed by atoms with Crippen molar-refractivity contribution in [2.45, 2.75) is 13.0 Å². The zero-order valence-corrected chi connectivity index (χ0v) is 9.70. The van der Waals surface area contributed by atoms with Crippen LogP contribution < -0.4 is 0 Å². The predicted octanol–water partition coefficient (Wildman–Crippen LogP) is 1.54. The van der Waals surface area contributed by atoms with Crippen LogP contribution in [0.25, 0.3) is 0 Å². The van der Waals surface area contributed by atoms with Crippen molar-refractivity contribution in [1.82, 2.24) is 4.90 Å². The fourth-order valence-corrected chi connectivity index (χ4v) is 2.01. The fourth-order valence-electron chi connectivity index (χ4n) is 2.01. The molecule has 1 heterocycles. The lowest BCUT2D eigenvalue weighted by molar-refractivity contribution is -0.141. The van der Waals surface area contributed by atoms with E-state index in [-0.39, 0.29) is 25.1 Å². The maximum Gasteiger partial charge on any atom is 0.308 e. The quantitative estimate of drug-likeness (QED) is 0.850. The molecule has 1 aromatic carbocycles. The maximum absolute atomic E-state index is 13.0. The van der Waals surface area contributed by atoms with Crippen LogP contribution in [0.15, 0.2) is 12.1 Å². The number of likely N-dealkylation sites (tertiary alicyclic amines) is 1. The van der Waals surface area contributed by atoms with E-state index in [4.69, 9.17) is 5.11 Å². The number of carbonyl (C=O) groups excluding carboxylic acids is 1. The predicted molar refractivity (Wildman–Crippen MR) is 57.5 cm³/mol. The van der Waals surface area contributed by atoms with Crippen molar-refractivity contribution >= 4 is 11.9 Å². The molecule has 1 N–H and O–H groups in total. The van der Waals surface area contributed by atoms with Crippen LogP contribution in [0.4, 0.5) is 13.2 Å². The van der Waals surface area contributed by atoms with Gasteiger partial charge < -0.3 is 10.0 Å². The van der Waals surface area contributed by atoms with Crippen LogP contribution in [0.2, 0.25) is 0 Å². The molecular formula is C12H10F3NO3. The van der Waals surface area contributed by atoms with E-state index < -0.39 is 35.2 Å². The van der Waals surface area contributed by atoms with Crippen molar-refractivity contribution in [2.24, 2.45) is 5.92 Å².